The Bertz CT molecular complexity index is 744. The van der Waals surface area contributed by atoms with E-state index in [9.17, 15) is 18.0 Å². The number of rotatable bonds is 4. The van der Waals surface area contributed by atoms with E-state index in [1.807, 2.05) is 0 Å². The van der Waals surface area contributed by atoms with Gasteiger partial charge in [-0.3, -0.25) is 4.79 Å². The molecule has 0 fully saturated rings. The van der Waals surface area contributed by atoms with Crippen molar-refractivity contribution in [2.75, 3.05) is 26.2 Å². The second-order valence-electron chi connectivity index (χ2n) is 4.95. The summed E-state index contributed by atoms with van der Waals surface area (Å²) in [5.41, 5.74) is -1.00. The van der Waals surface area contributed by atoms with E-state index in [-0.39, 0.29) is 0 Å². The van der Waals surface area contributed by atoms with Gasteiger partial charge in [-0.15, -0.1) is 0 Å². The van der Waals surface area contributed by atoms with Crippen LogP contribution in [0.15, 0.2) is 42.5 Å². The molecule has 0 saturated heterocycles. The minimum Gasteiger partial charge on any atom is -0.493 e. The third-order valence-corrected chi connectivity index (χ3v) is 3.52. The van der Waals surface area contributed by atoms with Crippen LogP contribution in [0.2, 0.25) is 0 Å². The smallest absolute Gasteiger partial charge is 0.417 e. The van der Waals surface area contributed by atoms with Crippen molar-refractivity contribution in [1.82, 2.24) is 0 Å². The van der Waals surface area contributed by atoms with Crippen LogP contribution < -0.4 is 14.4 Å². The van der Waals surface area contributed by atoms with Crippen LogP contribution in [0.4, 0.5) is 18.9 Å². The van der Waals surface area contributed by atoms with Crippen LogP contribution in [0.5, 0.6) is 11.5 Å². The van der Waals surface area contributed by atoms with Gasteiger partial charge in [-0.25, -0.2) is 0 Å². The van der Waals surface area contributed by atoms with Crippen LogP contribution in [0.1, 0.15) is 15.9 Å². The molecule has 128 valence electrons. The van der Waals surface area contributed by atoms with Crippen LogP contribution in [0.3, 0.4) is 0 Å². The SMILES string of the molecule is COc1ccc(N(C)C(=O)c2ccccc2C(F)(F)F)cc1OC. The highest BCUT2D eigenvalue weighted by Crippen LogP contribution is 2.34. The minimum absolute atomic E-state index is 0.374. The molecule has 1 amide bonds. The minimum atomic E-state index is -4.61. The molecule has 0 radical (unpaired) electrons. The first-order valence-corrected chi connectivity index (χ1v) is 6.96. The largest absolute Gasteiger partial charge is 0.493 e. The van der Waals surface area contributed by atoms with Crippen LogP contribution in [-0.4, -0.2) is 27.2 Å². The van der Waals surface area contributed by atoms with Crippen molar-refractivity contribution in [1.29, 1.82) is 0 Å². The fourth-order valence-corrected chi connectivity index (χ4v) is 2.25. The molecular formula is C17H16F3NO3. The molecule has 0 aliphatic heterocycles. The number of amides is 1. The molecule has 0 atom stereocenters. The van der Waals surface area contributed by atoms with Crippen molar-refractivity contribution < 1.29 is 27.4 Å². The number of ether oxygens (including phenoxy) is 2. The Morgan fingerprint density at radius 1 is 1.00 bits per heavy atom. The third-order valence-electron chi connectivity index (χ3n) is 3.52. The van der Waals surface area contributed by atoms with Crippen molar-refractivity contribution in [2.45, 2.75) is 6.18 Å². The van der Waals surface area contributed by atoms with Crippen LogP contribution in [0.25, 0.3) is 0 Å². The van der Waals surface area contributed by atoms with Crippen LogP contribution >= 0.6 is 0 Å². The van der Waals surface area contributed by atoms with E-state index >= 15 is 0 Å². The monoisotopic (exact) mass is 339 g/mol. The number of methoxy groups -OCH3 is 2. The van der Waals surface area contributed by atoms with E-state index in [1.54, 1.807) is 12.1 Å². The third kappa shape index (κ3) is 3.45. The van der Waals surface area contributed by atoms with Crippen molar-refractivity contribution in [3.63, 3.8) is 0 Å². The number of halogens is 3. The Morgan fingerprint density at radius 2 is 1.62 bits per heavy atom. The Kier molecular flexibility index (Phi) is 5.02. The summed E-state index contributed by atoms with van der Waals surface area (Å²) in [5, 5.41) is 0. The molecule has 2 aromatic carbocycles. The molecule has 4 nitrogen and oxygen atoms in total. The molecule has 0 saturated carbocycles. The molecule has 0 aliphatic rings. The normalized spacial score (nSPS) is 11.1. The van der Waals surface area contributed by atoms with Crippen LogP contribution in [-0.2, 0) is 6.18 Å². The lowest BCUT2D eigenvalue weighted by Crippen LogP contribution is -2.28. The van der Waals surface area contributed by atoms with Gasteiger partial charge in [0.05, 0.1) is 25.3 Å². The number of hydrogen-bond donors (Lipinski definition) is 0. The summed E-state index contributed by atoms with van der Waals surface area (Å²) in [7, 11) is 4.30. The molecular weight excluding hydrogens is 323 g/mol. The molecule has 24 heavy (non-hydrogen) atoms. The van der Waals surface area contributed by atoms with Gasteiger partial charge in [0.2, 0.25) is 0 Å². The van der Waals surface area contributed by atoms with E-state index < -0.39 is 23.2 Å². The zero-order valence-electron chi connectivity index (χ0n) is 13.3. The first-order valence-electron chi connectivity index (χ1n) is 6.96. The summed E-state index contributed by atoms with van der Waals surface area (Å²) in [5.74, 6) is 0.0618. The van der Waals surface area contributed by atoms with E-state index in [4.69, 9.17) is 9.47 Å². The summed E-state index contributed by atoms with van der Waals surface area (Å²) in [4.78, 5) is 13.7. The topological polar surface area (TPSA) is 38.8 Å². The lowest BCUT2D eigenvalue weighted by Gasteiger charge is -2.21. The summed E-state index contributed by atoms with van der Waals surface area (Å²) < 4.78 is 49.5. The summed E-state index contributed by atoms with van der Waals surface area (Å²) in [6.45, 7) is 0. The van der Waals surface area contributed by atoms with Gasteiger partial charge < -0.3 is 14.4 Å². The molecule has 0 bridgehead atoms. The van der Waals surface area contributed by atoms with Crippen molar-refractivity contribution >= 4 is 11.6 Å². The number of nitrogens with zero attached hydrogens (tertiary/aromatic N) is 1. The zero-order valence-corrected chi connectivity index (χ0v) is 13.3. The predicted molar refractivity (Wildman–Crippen MR) is 83.7 cm³/mol. The Balaban J connectivity index is 2.41. The van der Waals surface area contributed by atoms with Gasteiger partial charge in [0.15, 0.2) is 11.5 Å². The van der Waals surface area contributed by atoms with Gasteiger partial charge in [-0.2, -0.15) is 13.2 Å². The maximum Gasteiger partial charge on any atom is 0.417 e. The average Bonchev–Trinajstić information content (AvgIpc) is 2.59. The average molecular weight is 339 g/mol. The lowest BCUT2D eigenvalue weighted by molar-refractivity contribution is -0.137. The standard InChI is InChI=1S/C17H16F3NO3/c1-21(11-8-9-14(23-2)15(10-11)24-3)16(22)12-6-4-5-7-13(12)17(18,19)20/h4-10H,1-3H3. The van der Waals surface area contributed by atoms with Crippen LogP contribution in [0, 0.1) is 0 Å². The maximum absolute atomic E-state index is 13.1. The number of carbonyl (C=O) groups excluding carboxylic acids is 1. The van der Waals surface area contributed by atoms with Gasteiger partial charge in [0.1, 0.15) is 0 Å². The van der Waals surface area contributed by atoms with E-state index in [0.717, 1.165) is 17.0 Å². The number of benzene rings is 2. The van der Waals surface area contributed by atoms with Gasteiger partial charge in [0, 0.05) is 18.8 Å². The summed E-state index contributed by atoms with van der Waals surface area (Å²) >= 11 is 0. The predicted octanol–water partition coefficient (Wildman–Crippen LogP) is 4.00. The van der Waals surface area contributed by atoms with E-state index in [1.165, 1.54) is 39.5 Å². The van der Waals surface area contributed by atoms with E-state index in [2.05, 4.69) is 0 Å². The first-order chi connectivity index (χ1) is 11.3. The second-order valence-corrected chi connectivity index (χ2v) is 4.95. The number of alkyl halides is 3. The second kappa shape index (κ2) is 6.82. The van der Waals surface area contributed by atoms with Gasteiger partial charge in [-0.1, -0.05) is 12.1 Å². The quantitative estimate of drug-likeness (QED) is 0.845. The van der Waals surface area contributed by atoms with Gasteiger partial charge in [0.25, 0.3) is 5.91 Å². The van der Waals surface area contributed by atoms with Crippen molar-refractivity contribution in [3.8, 4) is 11.5 Å². The molecule has 0 spiro atoms. The van der Waals surface area contributed by atoms with Gasteiger partial charge in [-0.05, 0) is 24.3 Å². The van der Waals surface area contributed by atoms with E-state index in [0.29, 0.717) is 17.2 Å². The molecule has 0 aliphatic carbocycles. The Morgan fingerprint density at radius 3 is 2.21 bits per heavy atom. The number of anilines is 1. The molecule has 2 aromatic rings. The Labute approximate surface area is 137 Å². The molecule has 0 aromatic heterocycles. The summed E-state index contributed by atoms with van der Waals surface area (Å²) in [6.07, 6.45) is -4.61. The van der Waals surface area contributed by atoms with Crippen molar-refractivity contribution in [2.24, 2.45) is 0 Å². The molecule has 0 unspecified atom stereocenters. The highest BCUT2D eigenvalue weighted by Gasteiger charge is 2.35. The Hall–Kier alpha value is -2.70. The molecule has 2 rings (SSSR count). The number of carbonyl (C=O) groups is 1. The molecule has 0 N–H and O–H groups in total. The van der Waals surface area contributed by atoms with Gasteiger partial charge >= 0.3 is 6.18 Å². The maximum atomic E-state index is 13.1. The highest BCUT2D eigenvalue weighted by molar-refractivity contribution is 6.07. The summed E-state index contributed by atoms with van der Waals surface area (Å²) in [6, 6.07) is 9.34. The fourth-order valence-electron chi connectivity index (χ4n) is 2.25. The molecule has 7 heteroatoms. The molecule has 0 heterocycles. The van der Waals surface area contributed by atoms with Crippen molar-refractivity contribution in [3.05, 3.63) is 53.6 Å². The first kappa shape index (κ1) is 17.7. The lowest BCUT2D eigenvalue weighted by atomic mass is 10.1. The number of hydrogen-bond acceptors (Lipinski definition) is 3. The zero-order chi connectivity index (χ0) is 17.9. The fraction of sp³-hybridized carbons (Fsp3) is 0.235. The highest BCUT2D eigenvalue weighted by atomic mass is 19.4.